The summed E-state index contributed by atoms with van der Waals surface area (Å²) >= 11 is 3.41. The first-order valence-electron chi connectivity index (χ1n) is 7.57. The van der Waals surface area contributed by atoms with Crippen molar-refractivity contribution in [2.75, 3.05) is 19.7 Å². The predicted molar refractivity (Wildman–Crippen MR) is 90.5 cm³/mol. The molecule has 0 unspecified atom stereocenters. The van der Waals surface area contributed by atoms with Crippen molar-refractivity contribution in [3.05, 3.63) is 34.2 Å². The zero-order valence-corrected chi connectivity index (χ0v) is 15.1. The normalized spacial score (nSPS) is 10.8. The molecule has 2 heterocycles. The molecular formula is C16H20BrN3O3. The molecule has 0 saturated heterocycles. The van der Waals surface area contributed by atoms with Crippen LogP contribution >= 0.6 is 15.9 Å². The highest BCUT2D eigenvalue weighted by Crippen LogP contribution is 2.18. The molecule has 7 heteroatoms. The average Bonchev–Trinajstić information content (AvgIpc) is 2.83. The number of rotatable bonds is 6. The molecule has 0 fully saturated rings. The van der Waals surface area contributed by atoms with Crippen LogP contribution < -0.4 is 0 Å². The highest BCUT2D eigenvalue weighted by molar-refractivity contribution is 9.10. The van der Waals surface area contributed by atoms with Gasteiger partial charge in [0.1, 0.15) is 11.3 Å². The molecule has 2 aromatic rings. The number of pyridine rings is 1. The van der Waals surface area contributed by atoms with Gasteiger partial charge in [0.05, 0.1) is 18.7 Å². The zero-order chi connectivity index (χ0) is 17.0. The van der Waals surface area contributed by atoms with Gasteiger partial charge in [-0.3, -0.25) is 14.0 Å². The van der Waals surface area contributed by atoms with Gasteiger partial charge in [0.15, 0.2) is 0 Å². The molecule has 6 nitrogen and oxygen atoms in total. The topological polar surface area (TPSA) is 63.9 Å². The van der Waals surface area contributed by atoms with E-state index in [0.717, 1.165) is 10.1 Å². The molecule has 0 aliphatic carbocycles. The fourth-order valence-electron chi connectivity index (χ4n) is 2.41. The number of aromatic nitrogens is 2. The largest absolute Gasteiger partial charge is 0.466 e. The van der Waals surface area contributed by atoms with Crippen LogP contribution in [-0.2, 0) is 9.53 Å². The van der Waals surface area contributed by atoms with Crippen molar-refractivity contribution in [3.8, 4) is 0 Å². The number of nitrogens with zero attached hydrogens (tertiary/aromatic N) is 3. The Bertz CT molecular complexity index is 727. The number of aryl methyl sites for hydroxylation is 1. The summed E-state index contributed by atoms with van der Waals surface area (Å²) in [6.45, 7) is 6.65. The number of halogens is 1. The quantitative estimate of drug-likeness (QED) is 0.721. The molecule has 0 radical (unpaired) electrons. The highest BCUT2D eigenvalue weighted by Gasteiger charge is 2.22. The Labute approximate surface area is 143 Å². The van der Waals surface area contributed by atoms with Crippen LogP contribution in [0.4, 0.5) is 0 Å². The van der Waals surface area contributed by atoms with Crippen LogP contribution in [0.5, 0.6) is 0 Å². The van der Waals surface area contributed by atoms with E-state index in [-0.39, 0.29) is 18.3 Å². The van der Waals surface area contributed by atoms with Gasteiger partial charge in [0, 0.05) is 23.8 Å². The molecule has 0 aliphatic rings. The van der Waals surface area contributed by atoms with Crippen molar-refractivity contribution in [1.29, 1.82) is 0 Å². The number of esters is 1. The average molecular weight is 382 g/mol. The summed E-state index contributed by atoms with van der Waals surface area (Å²) < 4.78 is 7.56. The Morgan fingerprint density at radius 3 is 2.74 bits per heavy atom. The number of hydrogen-bond acceptors (Lipinski definition) is 4. The van der Waals surface area contributed by atoms with Gasteiger partial charge < -0.3 is 9.64 Å². The summed E-state index contributed by atoms with van der Waals surface area (Å²) in [5, 5.41) is 0. The Morgan fingerprint density at radius 1 is 1.35 bits per heavy atom. The molecule has 0 saturated carbocycles. The maximum Gasteiger partial charge on any atom is 0.307 e. The van der Waals surface area contributed by atoms with E-state index < -0.39 is 0 Å². The highest BCUT2D eigenvalue weighted by atomic mass is 79.9. The fraction of sp³-hybridized carbons (Fsp3) is 0.438. The van der Waals surface area contributed by atoms with Crippen LogP contribution in [0.2, 0.25) is 0 Å². The molecular weight excluding hydrogens is 362 g/mol. The SMILES string of the molecule is CCOC(=O)CCN(CC)C(=O)c1c(C)nc2ccc(Br)cn12. The molecule has 0 aromatic carbocycles. The lowest BCUT2D eigenvalue weighted by molar-refractivity contribution is -0.143. The van der Waals surface area contributed by atoms with Gasteiger partial charge in [-0.15, -0.1) is 0 Å². The van der Waals surface area contributed by atoms with E-state index >= 15 is 0 Å². The summed E-state index contributed by atoms with van der Waals surface area (Å²) in [6.07, 6.45) is 2.01. The summed E-state index contributed by atoms with van der Waals surface area (Å²) in [5.41, 5.74) is 1.91. The molecule has 0 bridgehead atoms. The van der Waals surface area contributed by atoms with Crippen molar-refractivity contribution < 1.29 is 14.3 Å². The number of carbonyl (C=O) groups excluding carboxylic acids is 2. The minimum atomic E-state index is -0.295. The molecule has 0 atom stereocenters. The van der Waals surface area contributed by atoms with Crippen LogP contribution in [0.3, 0.4) is 0 Å². The number of hydrogen-bond donors (Lipinski definition) is 0. The Balaban J connectivity index is 2.25. The number of imidazole rings is 1. The lowest BCUT2D eigenvalue weighted by Crippen LogP contribution is -2.34. The number of amides is 1. The van der Waals surface area contributed by atoms with Gasteiger partial charge in [-0.25, -0.2) is 4.98 Å². The second-order valence-corrected chi connectivity index (χ2v) is 5.98. The lowest BCUT2D eigenvalue weighted by Gasteiger charge is -2.20. The summed E-state index contributed by atoms with van der Waals surface area (Å²) in [6, 6.07) is 3.73. The number of fused-ring (bicyclic) bond motifs is 1. The van der Waals surface area contributed by atoms with Crippen LogP contribution in [0, 0.1) is 6.92 Å². The summed E-state index contributed by atoms with van der Waals surface area (Å²) in [7, 11) is 0. The van der Waals surface area contributed by atoms with Crippen molar-refractivity contribution in [3.63, 3.8) is 0 Å². The molecule has 23 heavy (non-hydrogen) atoms. The maximum atomic E-state index is 12.9. The Hall–Kier alpha value is -1.89. The molecule has 0 spiro atoms. The van der Waals surface area contributed by atoms with Crippen molar-refractivity contribution >= 4 is 33.5 Å². The lowest BCUT2D eigenvalue weighted by atomic mass is 10.2. The van der Waals surface area contributed by atoms with Gasteiger partial charge in [-0.1, -0.05) is 0 Å². The molecule has 2 rings (SSSR count). The van der Waals surface area contributed by atoms with E-state index in [1.807, 2.05) is 32.2 Å². The minimum Gasteiger partial charge on any atom is -0.466 e. The molecule has 0 aliphatic heterocycles. The first-order valence-corrected chi connectivity index (χ1v) is 8.36. The zero-order valence-electron chi connectivity index (χ0n) is 13.5. The molecule has 0 N–H and O–H groups in total. The first kappa shape index (κ1) is 17.5. The van der Waals surface area contributed by atoms with Crippen molar-refractivity contribution in [2.45, 2.75) is 27.2 Å². The summed E-state index contributed by atoms with van der Waals surface area (Å²) in [5.74, 6) is -0.434. The van der Waals surface area contributed by atoms with Crippen molar-refractivity contribution in [1.82, 2.24) is 14.3 Å². The monoisotopic (exact) mass is 381 g/mol. The minimum absolute atomic E-state index is 0.139. The van der Waals surface area contributed by atoms with Gasteiger partial charge >= 0.3 is 5.97 Å². The number of carbonyl (C=O) groups is 2. The summed E-state index contributed by atoms with van der Waals surface area (Å²) in [4.78, 5) is 30.4. The Kier molecular flexibility index (Phi) is 5.76. The van der Waals surface area contributed by atoms with E-state index in [0.29, 0.717) is 31.1 Å². The Morgan fingerprint density at radius 2 is 2.09 bits per heavy atom. The van der Waals surface area contributed by atoms with Crippen LogP contribution in [0.15, 0.2) is 22.8 Å². The van der Waals surface area contributed by atoms with Crippen LogP contribution in [0.25, 0.3) is 5.65 Å². The van der Waals surface area contributed by atoms with E-state index in [2.05, 4.69) is 20.9 Å². The molecule has 1 amide bonds. The standard InChI is InChI=1S/C16H20BrN3O3/c1-4-19(9-8-14(21)23-5-2)16(22)15-11(3)18-13-7-6-12(17)10-20(13)15/h6-7,10H,4-5,8-9H2,1-3H3. The first-order chi connectivity index (χ1) is 11.0. The third-order valence-corrected chi connectivity index (χ3v) is 3.99. The van der Waals surface area contributed by atoms with Gasteiger partial charge in [0.2, 0.25) is 0 Å². The van der Waals surface area contributed by atoms with Gasteiger partial charge in [-0.05, 0) is 48.8 Å². The van der Waals surface area contributed by atoms with Crippen LogP contribution in [0.1, 0.15) is 36.5 Å². The predicted octanol–water partition coefficient (Wildman–Crippen LogP) is 2.82. The van der Waals surface area contributed by atoms with Gasteiger partial charge in [-0.2, -0.15) is 0 Å². The van der Waals surface area contributed by atoms with Crippen molar-refractivity contribution in [2.24, 2.45) is 0 Å². The second-order valence-electron chi connectivity index (χ2n) is 5.06. The van der Waals surface area contributed by atoms with Gasteiger partial charge in [0.25, 0.3) is 5.91 Å². The van der Waals surface area contributed by atoms with E-state index in [4.69, 9.17) is 4.74 Å². The second kappa shape index (κ2) is 7.59. The van der Waals surface area contributed by atoms with Crippen LogP contribution in [-0.4, -0.2) is 45.9 Å². The van der Waals surface area contributed by atoms with E-state index in [1.165, 1.54) is 0 Å². The third kappa shape index (κ3) is 3.90. The molecule has 2 aromatic heterocycles. The third-order valence-electron chi connectivity index (χ3n) is 3.52. The fourth-order valence-corrected chi connectivity index (χ4v) is 2.74. The number of ether oxygens (including phenoxy) is 1. The van der Waals surface area contributed by atoms with E-state index in [9.17, 15) is 9.59 Å². The molecule has 124 valence electrons. The smallest absolute Gasteiger partial charge is 0.307 e. The maximum absolute atomic E-state index is 12.9. The van der Waals surface area contributed by atoms with E-state index in [1.54, 1.807) is 16.2 Å².